The van der Waals surface area contributed by atoms with Crippen LogP contribution in [0.5, 0.6) is 5.75 Å². The van der Waals surface area contributed by atoms with Gasteiger partial charge in [-0.05, 0) is 55.4 Å². The average Bonchev–Trinajstić information content (AvgIpc) is 2.64. The minimum absolute atomic E-state index is 0.0445. The summed E-state index contributed by atoms with van der Waals surface area (Å²) in [4.78, 5) is 12.6. The standard InChI is InChI=1S/C20H24N2O4S/c1-27(25,26)22-18-13-17(11-12-19(18)23)21-20(24)16-9-7-15(8-10-16)14-5-3-2-4-6-14/h2-6,11-13,15-16,22-23H,7-10H2,1H3,(H,21,24). The van der Waals surface area contributed by atoms with Gasteiger partial charge in [-0.25, -0.2) is 8.42 Å². The van der Waals surface area contributed by atoms with Gasteiger partial charge in [0.25, 0.3) is 0 Å². The van der Waals surface area contributed by atoms with Crippen LogP contribution >= 0.6 is 0 Å². The monoisotopic (exact) mass is 388 g/mol. The Hall–Kier alpha value is -2.54. The smallest absolute Gasteiger partial charge is 0.229 e. The Balaban J connectivity index is 1.61. The van der Waals surface area contributed by atoms with E-state index in [4.69, 9.17) is 0 Å². The van der Waals surface area contributed by atoms with Crippen LogP contribution in [0.25, 0.3) is 0 Å². The number of sulfonamides is 1. The van der Waals surface area contributed by atoms with E-state index in [9.17, 15) is 18.3 Å². The summed E-state index contributed by atoms with van der Waals surface area (Å²) < 4.78 is 25.0. The molecule has 2 aromatic carbocycles. The van der Waals surface area contributed by atoms with E-state index in [2.05, 4.69) is 22.2 Å². The van der Waals surface area contributed by atoms with Gasteiger partial charge in [0, 0.05) is 11.6 Å². The highest BCUT2D eigenvalue weighted by Crippen LogP contribution is 2.36. The van der Waals surface area contributed by atoms with Crippen LogP contribution in [0.3, 0.4) is 0 Å². The van der Waals surface area contributed by atoms with Gasteiger partial charge in [0.2, 0.25) is 15.9 Å². The lowest BCUT2D eigenvalue weighted by Gasteiger charge is -2.28. The lowest BCUT2D eigenvalue weighted by atomic mass is 9.78. The van der Waals surface area contributed by atoms with Crippen LogP contribution in [0.2, 0.25) is 0 Å². The second-order valence-electron chi connectivity index (χ2n) is 7.05. The van der Waals surface area contributed by atoms with Gasteiger partial charge in [0.05, 0.1) is 11.9 Å². The fourth-order valence-electron chi connectivity index (χ4n) is 3.55. The van der Waals surface area contributed by atoms with E-state index in [1.807, 2.05) is 18.2 Å². The molecule has 0 bridgehead atoms. The zero-order chi connectivity index (χ0) is 19.4. The normalized spacial score (nSPS) is 20.0. The number of rotatable bonds is 5. The van der Waals surface area contributed by atoms with Gasteiger partial charge in [0.1, 0.15) is 5.75 Å². The lowest BCUT2D eigenvalue weighted by Crippen LogP contribution is -2.26. The van der Waals surface area contributed by atoms with Gasteiger partial charge in [-0.2, -0.15) is 0 Å². The molecule has 0 unspecified atom stereocenters. The third-order valence-electron chi connectivity index (χ3n) is 4.93. The molecular weight excluding hydrogens is 364 g/mol. The molecular formula is C20H24N2O4S. The molecule has 7 heteroatoms. The van der Waals surface area contributed by atoms with E-state index >= 15 is 0 Å². The molecule has 1 aliphatic carbocycles. The van der Waals surface area contributed by atoms with Crippen molar-refractivity contribution in [2.24, 2.45) is 5.92 Å². The van der Waals surface area contributed by atoms with E-state index in [1.165, 1.54) is 17.7 Å². The van der Waals surface area contributed by atoms with Gasteiger partial charge in [-0.15, -0.1) is 0 Å². The highest BCUT2D eigenvalue weighted by molar-refractivity contribution is 7.92. The first kappa shape index (κ1) is 19.2. The highest BCUT2D eigenvalue weighted by atomic mass is 32.2. The Morgan fingerprint density at radius 1 is 1.04 bits per heavy atom. The molecule has 1 amide bonds. The first-order valence-corrected chi connectivity index (χ1v) is 10.9. The Labute approximate surface area is 159 Å². The lowest BCUT2D eigenvalue weighted by molar-refractivity contribution is -0.120. The molecule has 0 aliphatic heterocycles. The topological polar surface area (TPSA) is 95.5 Å². The van der Waals surface area contributed by atoms with E-state index in [0.29, 0.717) is 11.6 Å². The van der Waals surface area contributed by atoms with Crippen LogP contribution in [0.4, 0.5) is 11.4 Å². The van der Waals surface area contributed by atoms with Crippen LogP contribution in [0.1, 0.15) is 37.2 Å². The summed E-state index contributed by atoms with van der Waals surface area (Å²) in [5, 5.41) is 12.6. The van der Waals surface area contributed by atoms with Crippen LogP contribution in [-0.4, -0.2) is 25.7 Å². The Bertz CT molecular complexity index is 905. The Kier molecular flexibility index (Phi) is 5.70. The van der Waals surface area contributed by atoms with E-state index < -0.39 is 10.0 Å². The number of hydrogen-bond acceptors (Lipinski definition) is 4. The molecule has 3 rings (SSSR count). The fraction of sp³-hybridized carbons (Fsp3) is 0.350. The van der Waals surface area contributed by atoms with Crippen LogP contribution in [-0.2, 0) is 14.8 Å². The van der Waals surface area contributed by atoms with E-state index in [0.717, 1.165) is 31.9 Å². The van der Waals surface area contributed by atoms with Crippen molar-refractivity contribution in [3.8, 4) is 5.75 Å². The number of phenolic OH excluding ortho intramolecular Hbond substituents is 1. The maximum Gasteiger partial charge on any atom is 0.229 e. The summed E-state index contributed by atoms with van der Waals surface area (Å²) in [6.45, 7) is 0. The molecule has 0 saturated heterocycles. The van der Waals surface area contributed by atoms with Crippen molar-refractivity contribution in [1.29, 1.82) is 0 Å². The fourth-order valence-corrected chi connectivity index (χ4v) is 4.12. The van der Waals surface area contributed by atoms with Gasteiger partial charge in [-0.1, -0.05) is 30.3 Å². The number of hydrogen-bond donors (Lipinski definition) is 3. The average molecular weight is 388 g/mol. The molecule has 1 saturated carbocycles. The largest absolute Gasteiger partial charge is 0.506 e. The van der Waals surface area contributed by atoms with Crippen LogP contribution in [0, 0.1) is 5.92 Å². The van der Waals surface area contributed by atoms with Crippen LogP contribution in [0.15, 0.2) is 48.5 Å². The van der Waals surface area contributed by atoms with Crippen molar-refractivity contribution in [2.45, 2.75) is 31.6 Å². The molecule has 2 aromatic rings. The van der Waals surface area contributed by atoms with E-state index in [1.54, 1.807) is 6.07 Å². The number of aromatic hydroxyl groups is 1. The van der Waals surface area contributed by atoms with Gasteiger partial charge < -0.3 is 10.4 Å². The van der Waals surface area contributed by atoms with Crippen molar-refractivity contribution < 1.29 is 18.3 Å². The number of benzene rings is 2. The van der Waals surface area contributed by atoms with Crippen molar-refractivity contribution >= 4 is 27.3 Å². The quantitative estimate of drug-likeness (QED) is 0.538. The molecule has 1 fully saturated rings. The maximum absolute atomic E-state index is 12.6. The zero-order valence-corrected chi connectivity index (χ0v) is 16.0. The molecule has 0 atom stereocenters. The van der Waals surface area contributed by atoms with Gasteiger partial charge in [-0.3, -0.25) is 9.52 Å². The van der Waals surface area contributed by atoms with Gasteiger partial charge in [0.15, 0.2) is 0 Å². The highest BCUT2D eigenvalue weighted by Gasteiger charge is 2.27. The van der Waals surface area contributed by atoms with Gasteiger partial charge >= 0.3 is 0 Å². The third kappa shape index (κ3) is 5.23. The molecule has 0 radical (unpaired) electrons. The predicted octanol–water partition coefficient (Wildman–Crippen LogP) is 3.68. The summed E-state index contributed by atoms with van der Waals surface area (Å²) in [6.07, 6.45) is 4.58. The SMILES string of the molecule is CS(=O)(=O)Nc1cc(NC(=O)C2CCC(c3ccccc3)CC2)ccc1O. The Morgan fingerprint density at radius 2 is 1.70 bits per heavy atom. The van der Waals surface area contributed by atoms with Crippen molar-refractivity contribution in [3.05, 3.63) is 54.1 Å². The summed E-state index contributed by atoms with van der Waals surface area (Å²) in [5.74, 6) is 0.166. The summed E-state index contributed by atoms with van der Waals surface area (Å²) in [5.41, 5.74) is 1.82. The summed E-state index contributed by atoms with van der Waals surface area (Å²) >= 11 is 0. The third-order valence-corrected chi connectivity index (χ3v) is 5.52. The molecule has 0 heterocycles. The second-order valence-corrected chi connectivity index (χ2v) is 8.80. The second kappa shape index (κ2) is 8.00. The van der Waals surface area contributed by atoms with Crippen molar-refractivity contribution in [3.63, 3.8) is 0 Å². The molecule has 144 valence electrons. The molecule has 6 nitrogen and oxygen atoms in total. The van der Waals surface area contributed by atoms with E-state index in [-0.39, 0.29) is 23.3 Å². The number of carbonyl (C=O) groups is 1. The minimum atomic E-state index is -3.52. The minimum Gasteiger partial charge on any atom is -0.506 e. The molecule has 0 aromatic heterocycles. The summed E-state index contributed by atoms with van der Waals surface area (Å²) in [7, 11) is -3.52. The molecule has 1 aliphatic rings. The number of anilines is 2. The maximum atomic E-state index is 12.6. The molecule has 27 heavy (non-hydrogen) atoms. The number of carbonyl (C=O) groups excluding carboxylic acids is 1. The first-order chi connectivity index (χ1) is 12.8. The van der Waals surface area contributed by atoms with Crippen LogP contribution < -0.4 is 10.0 Å². The number of amides is 1. The van der Waals surface area contributed by atoms with Crippen molar-refractivity contribution in [1.82, 2.24) is 0 Å². The number of phenols is 1. The zero-order valence-electron chi connectivity index (χ0n) is 15.2. The number of nitrogens with one attached hydrogen (secondary N) is 2. The van der Waals surface area contributed by atoms with Crippen molar-refractivity contribution in [2.75, 3.05) is 16.3 Å². The first-order valence-electron chi connectivity index (χ1n) is 8.98. The molecule has 0 spiro atoms. The predicted molar refractivity (Wildman–Crippen MR) is 106 cm³/mol. The molecule has 3 N–H and O–H groups in total. The Morgan fingerprint density at radius 3 is 2.33 bits per heavy atom. The summed E-state index contributed by atoms with van der Waals surface area (Å²) in [6, 6.07) is 14.7.